The Balaban J connectivity index is 2.00. The van der Waals surface area contributed by atoms with Gasteiger partial charge in [0.2, 0.25) is 0 Å². The van der Waals surface area contributed by atoms with E-state index in [1.54, 1.807) is 7.11 Å². The van der Waals surface area contributed by atoms with E-state index in [9.17, 15) is 5.21 Å². The molecular weight excluding hydrogens is 276 g/mol. The van der Waals surface area contributed by atoms with Crippen molar-refractivity contribution < 1.29 is 14.5 Å². The second-order valence-electron chi connectivity index (χ2n) is 6.90. The van der Waals surface area contributed by atoms with Crippen LogP contribution in [0.2, 0.25) is 0 Å². The molecule has 1 aliphatic heterocycles. The lowest BCUT2D eigenvalue weighted by molar-refractivity contribution is -0.548. The summed E-state index contributed by atoms with van der Waals surface area (Å²) in [5, 5.41) is 13.4. The van der Waals surface area contributed by atoms with E-state index in [1.165, 1.54) is 30.4 Å². The molecule has 0 aromatic heterocycles. The first-order valence-corrected chi connectivity index (χ1v) is 8.17. The first-order valence-electron chi connectivity index (χ1n) is 8.17. The number of oxime groups is 1. The zero-order valence-electron chi connectivity index (χ0n) is 13.2. The van der Waals surface area contributed by atoms with Gasteiger partial charge in [-0.2, -0.15) is 0 Å². The van der Waals surface area contributed by atoms with Crippen molar-refractivity contribution in [2.45, 2.75) is 43.6 Å². The van der Waals surface area contributed by atoms with E-state index in [4.69, 9.17) is 4.74 Å². The maximum atomic E-state index is 9.71. The van der Waals surface area contributed by atoms with Crippen LogP contribution in [0.5, 0.6) is 5.75 Å². The summed E-state index contributed by atoms with van der Waals surface area (Å²) in [6.45, 7) is 0. The number of ether oxygens (including phenoxy) is 1. The van der Waals surface area contributed by atoms with E-state index in [1.807, 2.05) is 6.07 Å². The Kier molecular flexibility index (Phi) is 3.03. The van der Waals surface area contributed by atoms with Crippen LogP contribution in [0, 0.1) is 5.92 Å². The van der Waals surface area contributed by atoms with Crippen LogP contribution in [-0.2, 0) is 11.8 Å². The van der Waals surface area contributed by atoms with Gasteiger partial charge in [-0.1, -0.05) is 24.1 Å². The van der Waals surface area contributed by atoms with Crippen molar-refractivity contribution in [2.24, 2.45) is 11.1 Å². The van der Waals surface area contributed by atoms with Crippen molar-refractivity contribution in [3.63, 3.8) is 0 Å². The Hall–Kier alpha value is -1.84. The van der Waals surface area contributed by atoms with Crippen molar-refractivity contribution in [1.82, 2.24) is 0 Å². The maximum absolute atomic E-state index is 9.71. The molecule has 0 spiro atoms. The molecule has 0 unspecified atom stereocenters. The van der Waals surface area contributed by atoms with Gasteiger partial charge in [-0.25, -0.2) is 4.58 Å². The Morgan fingerprint density at radius 1 is 1.36 bits per heavy atom. The molecule has 1 aromatic rings. The largest absolute Gasteiger partial charge is 0.497 e. The Morgan fingerprint density at radius 2 is 2.23 bits per heavy atom. The highest BCUT2D eigenvalue weighted by molar-refractivity contribution is 6.33. The van der Waals surface area contributed by atoms with E-state index in [-0.39, 0.29) is 5.41 Å². The fourth-order valence-corrected chi connectivity index (χ4v) is 5.10. The number of rotatable bonds is 1. The van der Waals surface area contributed by atoms with E-state index in [0.29, 0.717) is 12.0 Å². The average Bonchev–Trinajstić information content (AvgIpc) is 2.57. The van der Waals surface area contributed by atoms with Crippen LogP contribution >= 0.6 is 0 Å². The van der Waals surface area contributed by atoms with Gasteiger partial charge >= 0.3 is 0 Å². The normalized spacial score (nSPS) is 34.6. The molecule has 22 heavy (non-hydrogen) atoms. The van der Waals surface area contributed by atoms with Crippen molar-refractivity contribution in [3.8, 4) is 5.75 Å². The molecule has 3 atom stereocenters. The van der Waals surface area contributed by atoms with Gasteiger partial charge in [-0.3, -0.25) is 0 Å². The van der Waals surface area contributed by atoms with Crippen LogP contribution in [0.25, 0.3) is 0 Å². The van der Waals surface area contributed by atoms with Gasteiger partial charge in [0, 0.05) is 12.3 Å². The van der Waals surface area contributed by atoms with E-state index < -0.39 is 0 Å². The summed E-state index contributed by atoms with van der Waals surface area (Å²) in [7, 11) is 3.83. The van der Waals surface area contributed by atoms with Crippen LogP contribution in [0.3, 0.4) is 0 Å². The Morgan fingerprint density at radius 3 is 3.00 bits per heavy atom. The van der Waals surface area contributed by atoms with Gasteiger partial charge < -0.3 is 9.94 Å². The minimum atomic E-state index is -0.133. The van der Waals surface area contributed by atoms with Gasteiger partial charge in [0.25, 0.3) is 0 Å². The van der Waals surface area contributed by atoms with E-state index in [0.717, 1.165) is 24.3 Å². The molecule has 0 amide bonds. The summed E-state index contributed by atoms with van der Waals surface area (Å²) >= 11 is 0. The molecule has 1 saturated carbocycles. The predicted octanol–water partition coefficient (Wildman–Crippen LogP) is 2.60. The number of nitrogens with zero attached hydrogens (tertiary/aromatic N) is 2. The second kappa shape index (κ2) is 4.83. The SMILES string of the molecule is COc1ccc2c(c1)[C@]13CCCC[C@@H]1[C@H](C2)[N+](C)=C/C3=N/O. The lowest BCUT2D eigenvalue weighted by Gasteiger charge is -2.51. The zero-order chi connectivity index (χ0) is 15.3. The molecule has 2 bridgehead atoms. The fraction of sp³-hybridized carbons (Fsp3) is 0.556. The Labute approximate surface area is 131 Å². The summed E-state index contributed by atoms with van der Waals surface area (Å²) in [6.07, 6.45) is 7.86. The molecule has 1 fully saturated rings. The third kappa shape index (κ3) is 1.64. The molecule has 1 N–H and O–H groups in total. The number of hydrogen-bond donors (Lipinski definition) is 1. The summed E-state index contributed by atoms with van der Waals surface area (Å²) in [5.74, 6) is 1.42. The first-order chi connectivity index (χ1) is 10.7. The topological polar surface area (TPSA) is 44.8 Å². The van der Waals surface area contributed by atoms with Crippen LogP contribution in [-0.4, -0.2) is 41.9 Å². The molecule has 116 valence electrons. The van der Waals surface area contributed by atoms with Crippen LogP contribution in [0.4, 0.5) is 0 Å². The van der Waals surface area contributed by atoms with Gasteiger partial charge in [0.1, 0.15) is 12.8 Å². The van der Waals surface area contributed by atoms with E-state index >= 15 is 0 Å². The molecule has 4 heteroatoms. The third-order valence-electron chi connectivity index (χ3n) is 6.07. The molecule has 1 aromatic carbocycles. The van der Waals surface area contributed by atoms with Crippen molar-refractivity contribution >= 4 is 11.9 Å². The molecule has 3 aliphatic rings. The lowest BCUT2D eigenvalue weighted by atomic mass is 9.52. The van der Waals surface area contributed by atoms with Crippen LogP contribution in [0.15, 0.2) is 23.4 Å². The highest BCUT2D eigenvalue weighted by atomic mass is 16.5. The number of hydrogen-bond acceptors (Lipinski definition) is 3. The van der Waals surface area contributed by atoms with Gasteiger partial charge in [0.05, 0.1) is 12.5 Å². The monoisotopic (exact) mass is 299 g/mol. The van der Waals surface area contributed by atoms with Crippen molar-refractivity contribution in [1.29, 1.82) is 0 Å². The van der Waals surface area contributed by atoms with E-state index in [2.05, 4.69) is 35.1 Å². The van der Waals surface area contributed by atoms with Crippen LogP contribution in [0.1, 0.15) is 36.8 Å². The molecule has 2 aliphatic carbocycles. The minimum Gasteiger partial charge on any atom is -0.497 e. The lowest BCUT2D eigenvalue weighted by Crippen LogP contribution is -2.61. The second-order valence-corrected chi connectivity index (χ2v) is 6.90. The molecule has 1 heterocycles. The molecule has 4 rings (SSSR count). The Bertz CT molecular complexity index is 680. The average molecular weight is 299 g/mol. The summed E-state index contributed by atoms with van der Waals surface area (Å²) in [5.41, 5.74) is 3.40. The summed E-state index contributed by atoms with van der Waals surface area (Å²) in [6, 6.07) is 6.93. The number of benzene rings is 1. The number of methoxy groups -OCH3 is 1. The summed E-state index contributed by atoms with van der Waals surface area (Å²) < 4.78 is 7.72. The zero-order valence-corrected chi connectivity index (χ0v) is 13.2. The first kappa shape index (κ1) is 13.8. The minimum absolute atomic E-state index is 0.133. The third-order valence-corrected chi connectivity index (χ3v) is 6.07. The standard InChI is InChI=1S/C18H22N2O2/c1-20-11-17(19-21)18-8-4-3-5-14(18)16(20)9-12-6-7-13(22-2)10-15(12)18/h6-7,10-11,14,16H,3-5,8-9H2,1-2H3/p+1/t14-,16+,18+/m1/s1. The highest BCUT2D eigenvalue weighted by Gasteiger charge is 2.59. The maximum Gasteiger partial charge on any atom is 0.189 e. The number of fused-ring (bicyclic) bond motifs is 1. The molecular formula is C18H23N2O2+. The molecule has 4 nitrogen and oxygen atoms in total. The molecule has 0 saturated heterocycles. The summed E-state index contributed by atoms with van der Waals surface area (Å²) in [4.78, 5) is 0. The number of likely N-dealkylation sites (N-methyl/N-ethyl adjacent to an activating group) is 1. The quantitative estimate of drug-likeness (QED) is 0.492. The van der Waals surface area contributed by atoms with Gasteiger partial charge in [0.15, 0.2) is 18.0 Å². The molecule has 0 radical (unpaired) electrons. The fourth-order valence-electron chi connectivity index (χ4n) is 5.10. The highest BCUT2D eigenvalue weighted by Crippen LogP contribution is 2.53. The van der Waals surface area contributed by atoms with Gasteiger partial charge in [-0.15, -0.1) is 0 Å². The predicted molar refractivity (Wildman–Crippen MR) is 85.6 cm³/mol. The van der Waals surface area contributed by atoms with Crippen LogP contribution < -0.4 is 4.74 Å². The van der Waals surface area contributed by atoms with Crippen molar-refractivity contribution in [2.75, 3.05) is 14.2 Å². The van der Waals surface area contributed by atoms with Gasteiger partial charge in [-0.05, 0) is 36.1 Å². The smallest absolute Gasteiger partial charge is 0.189 e. The van der Waals surface area contributed by atoms with Crippen molar-refractivity contribution in [3.05, 3.63) is 29.3 Å².